The summed E-state index contributed by atoms with van der Waals surface area (Å²) < 4.78 is 0. The summed E-state index contributed by atoms with van der Waals surface area (Å²) in [5.74, 6) is 0. The van der Waals surface area contributed by atoms with Gasteiger partial charge in [0.1, 0.15) is 0 Å². The van der Waals surface area contributed by atoms with Gasteiger partial charge in [-0.2, -0.15) is 0 Å². The average molecular weight is 234 g/mol. The molecule has 1 fully saturated rings. The third kappa shape index (κ3) is 3.42. The predicted molar refractivity (Wildman–Crippen MR) is 65.5 cm³/mol. The van der Waals surface area contributed by atoms with Gasteiger partial charge in [-0.1, -0.05) is 0 Å². The van der Waals surface area contributed by atoms with Crippen LogP contribution in [0.25, 0.3) is 0 Å². The van der Waals surface area contributed by atoms with E-state index in [1.165, 1.54) is 0 Å². The van der Waals surface area contributed by atoms with Crippen molar-refractivity contribution in [1.29, 1.82) is 0 Å². The molecule has 1 N–H and O–H groups in total. The Kier molecular flexibility index (Phi) is 3.93. The summed E-state index contributed by atoms with van der Waals surface area (Å²) in [4.78, 5) is 19.9. The standard InChI is InChI=1S/C12H18N4O/c1-15-6-8-16(9-7-15)12(17)14-10-11-2-4-13-5-3-11/h2-5H,6-10H2,1H3,(H,14,17). The molecule has 0 spiro atoms. The van der Waals surface area contributed by atoms with Gasteiger partial charge in [0.25, 0.3) is 0 Å². The van der Waals surface area contributed by atoms with Crippen molar-refractivity contribution in [3.63, 3.8) is 0 Å². The molecule has 2 heterocycles. The number of likely N-dealkylation sites (N-methyl/N-ethyl adjacent to an activating group) is 1. The van der Waals surface area contributed by atoms with Crippen molar-refractivity contribution >= 4 is 6.03 Å². The smallest absolute Gasteiger partial charge is 0.317 e. The molecule has 1 aromatic heterocycles. The Bertz CT molecular complexity index is 360. The fraction of sp³-hybridized carbons (Fsp3) is 0.500. The minimum absolute atomic E-state index is 0.0231. The molecule has 1 saturated heterocycles. The summed E-state index contributed by atoms with van der Waals surface area (Å²) in [5, 5.41) is 2.92. The van der Waals surface area contributed by atoms with Crippen LogP contribution >= 0.6 is 0 Å². The Morgan fingerprint density at radius 1 is 1.29 bits per heavy atom. The Morgan fingerprint density at radius 3 is 2.59 bits per heavy atom. The molecule has 1 aliphatic rings. The first-order valence-corrected chi connectivity index (χ1v) is 5.86. The number of aromatic nitrogens is 1. The molecule has 0 saturated carbocycles. The third-order valence-corrected chi connectivity index (χ3v) is 2.98. The molecule has 0 radical (unpaired) electrons. The molecule has 0 unspecified atom stereocenters. The zero-order chi connectivity index (χ0) is 12.1. The van der Waals surface area contributed by atoms with Crippen LogP contribution in [-0.4, -0.2) is 54.0 Å². The molecular formula is C12H18N4O. The van der Waals surface area contributed by atoms with E-state index in [4.69, 9.17) is 0 Å². The largest absolute Gasteiger partial charge is 0.334 e. The summed E-state index contributed by atoms with van der Waals surface area (Å²) in [6, 6.07) is 3.84. The number of carbonyl (C=O) groups excluding carboxylic acids is 1. The number of urea groups is 1. The number of carbonyl (C=O) groups is 1. The van der Waals surface area contributed by atoms with Crippen LogP contribution in [0.5, 0.6) is 0 Å². The van der Waals surface area contributed by atoms with Gasteiger partial charge in [0.15, 0.2) is 0 Å². The highest BCUT2D eigenvalue weighted by molar-refractivity contribution is 5.74. The Labute approximate surface area is 101 Å². The number of hydrogen-bond acceptors (Lipinski definition) is 3. The Hall–Kier alpha value is -1.62. The van der Waals surface area contributed by atoms with Crippen LogP contribution < -0.4 is 5.32 Å². The quantitative estimate of drug-likeness (QED) is 0.812. The highest BCUT2D eigenvalue weighted by atomic mass is 16.2. The van der Waals surface area contributed by atoms with Crippen molar-refractivity contribution in [1.82, 2.24) is 20.1 Å². The highest BCUT2D eigenvalue weighted by Gasteiger charge is 2.18. The van der Waals surface area contributed by atoms with Gasteiger partial charge in [-0.05, 0) is 24.7 Å². The van der Waals surface area contributed by atoms with Crippen LogP contribution in [0.3, 0.4) is 0 Å². The fourth-order valence-corrected chi connectivity index (χ4v) is 1.80. The lowest BCUT2D eigenvalue weighted by atomic mass is 10.3. The number of pyridine rings is 1. The van der Waals surface area contributed by atoms with Gasteiger partial charge in [0, 0.05) is 45.1 Å². The molecule has 0 aromatic carbocycles. The number of hydrogen-bond donors (Lipinski definition) is 1. The minimum Gasteiger partial charge on any atom is -0.334 e. The van der Waals surface area contributed by atoms with Gasteiger partial charge in [0.2, 0.25) is 0 Å². The summed E-state index contributed by atoms with van der Waals surface area (Å²) in [5.41, 5.74) is 1.07. The lowest BCUT2D eigenvalue weighted by molar-refractivity contribution is 0.154. The van der Waals surface area contributed by atoms with Gasteiger partial charge in [-0.15, -0.1) is 0 Å². The molecule has 0 aliphatic carbocycles. The second-order valence-corrected chi connectivity index (χ2v) is 4.30. The minimum atomic E-state index is 0.0231. The van der Waals surface area contributed by atoms with E-state index in [0.717, 1.165) is 31.7 Å². The van der Waals surface area contributed by atoms with Crippen LogP contribution in [0.1, 0.15) is 5.56 Å². The second-order valence-electron chi connectivity index (χ2n) is 4.30. The molecular weight excluding hydrogens is 216 g/mol. The first-order chi connectivity index (χ1) is 8.25. The van der Waals surface area contributed by atoms with E-state index in [1.54, 1.807) is 12.4 Å². The number of nitrogens with zero attached hydrogens (tertiary/aromatic N) is 3. The maximum Gasteiger partial charge on any atom is 0.317 e. The third-order valence-electron chi connectivity index (χ3n) is 2.98. The summed E-state index contributed by atoms with van der Waals surface area (Å²) in [6.45, 7) is 4.07. The van der Waals surface area contributed by atoms with Crippen molar-refractivity contribution in [3.05, 3.63) is 30.1 Å². The number of rotatable bonds is 2. The van der Waals surface area contributed by atoms with Crippen molar-refractivity contribution in [2.75, 3.05) is 33.2 Å². The van der Waals surface area contributed by atoms with Crippen molar-refractivity contribution < 1.29 is 4.79 Å². The van der Waals surface area contributed by atoms with Gasteiger partial charge < -0.3 is 15.1 Å². The molecule has 0 bridgehead atoms. The Morgan fingerprint density at radius 2 is 1.94 bits per heavy atom. The van der Waals surface area contributed by atoms with Crippen LogP contribution in [0.15, 0.2) is 24.5 Å². The second kappa shape index (κ2) is 5.63. The van der Waals surface area contributed by atoms with Crippen molar-refractivity contribution in [3.8, 4) is 0 Å². The molecule has 0 atom stereocenters. The zero-order valence-electron chi connectivity index (χ0n) is 10.1. The average Bonchev–Trinajstić information content (AvgIpc) is 2.38. The van der Waals surface area contributed by atoms with Crippen molar-refractivity contribution in [2.45, 2.75) is 6.54 Å². The molecule has 2 amide bonds. The van der Waals surface area contributed by atoms with E-state index in [9.17, 15) is 4.79 Å². The summed E-state index contributed by atoms with van der Waals surface area (Å²) >= 11 is 0. The zero-order valence-corrected chi connectivity index (χ0v) is 10.1. The summed E-state index contributed by atoms with van der Waals surface area (Å²) in [6.07, 6.45) is 3.47. The number of nitrogens with one attached hydrogen (secondary N) is 1. The lowest BCUT2D eigenvalue weighted by Crippen LogP contribution is -2.50. The fourth-order valence-electron chi connectivity index (χ4n) is 1.80. The first kappa shape index (κ1) is 11.9. The molecule has 5 nitrogen and oxygen atoms in total. The molecule has 1 aliphatic heterocycles. The molecule has 1 aromatic rings. The predicted octanol–water partition coefficient (Wildman–Crippen LogP) is 0.539. The number of amides is 2. The van der Waals surface area contributed by atoms with E-state index in [1.807, 2.05) is 17.0 Å². The Balaban J connectivity index is 1.78. The maximum atomic E-state index is 11.9. The monoisotopic (exact) mass is 234 g/mol. The first-order valence-electron chi connectivity index (χ1n) is 5.86. The molecule has 17 heavy (non-hydrogen) atoms. The topological polar surface area (TPSA) is 48.5 Å². The SMILES string of the molecule is CN1CCN(C(=O)NCc2ccncc2)CC1. The van der Waals surface area contributed by atoms with E-state index in [0.29, 0.717) is 6.54 Å². The van der Waals surface area contributed by atoms with Crippen molar-refractivity contribution in [2.24, 2.45) is 0 Å². The van der Waals surface area contributed by atoms with Crippen LogP contribution in [0.4, 0.5) is 4.79 Å². The summed E-state index contributed by atoms with van der Waals surface area (Å²) in [7, 11) is 2.08. The molecule has 2 rings (SSSR count). The normalized spacial score (nSPS) is 16.9. The maximum absolute atomic E-state index is 11.9. The van der Waals surface area contributed by atoms with E-state index in [2.05, 4.69) is 22.2 Å². The van der Waals surface area contributed by atoms with Crippen LogP contribution in [0, 0.1) is 0 Å². The van der Waals surface area contributed by atoms with E-state index in [-0.39, 0.29) is 6.03 Å². The van der Waals surface area contributed by atoms with E-state index < -0.39 is 0 Å². The van der Waals surface area contributed by atoms with Crippen LogP contribution in [-0.2, 0) is 6.54 Å². The van der Waals surface area contributed by atoms with Crippen LogP contribution in [0.2, 0.25) is 0 Å². The molecule has 92 valence electrons. The van der Waals surface area contributed by atoms with Gasteiger partial charge in [-0.3, -0.25) is 4.98 Å². The van der Waals surface area contributed by atoms with Gasteiger partial charge in [0.05, 0.1) is 0 Å². The number of piperazine rings is 1. The molecule has 5 heteroatoms. The van der Waals surface area contributed by atoms with E-state index >= 15 is 0 Å². The highest BCUT2D eigenvalue weighted by Crippen LogP contribution is 2.01. The van der Waals surface area contributed by atoms with Gasteiger partial charge in [-0.25, -0.2) is 4.79 Å². The van der Waals surface area contributed by atoms with Gasteiger partial charge >= 0.3 is 6.03 Å². The lowest BCUT2D eigenvalue weighted by Gasteiger charge is -2.32.